The molecular formula is C7H12N2O. The van der Waals surface area contributed by atoms with Gasteiger partial charge in [-0.15, -0.1) is 0 Å². The van der Waals surface area contributed by atoms with Crippen molar-refractivity contribution in [3.05, 3.63) is 0 Å². The second-order valence-electron chi connectivity index (χ2n) is 3.29. The van der Waals surface area contributed by atoms with E-state index >= 15 is 0 Å². The molecule has 1 aliphatic heterocycles. The lowest BCUT2D eigenvalue weighted by Crippen LogP contribution is -2.35. The quantitative estimate of drug-likeness (QED) is 0.481. The smallest absolute Gasteiger partial charge is 0.224 e. The van der Waals surface area contributed by atoms with Gasteiger partial charge in [0.25, 0.3) is 0 Å². The first-order chi connectivity index (χ1) is 4.77. The Hall–Kier alpha value is -0.570. The third kappa shape index (κ3) is 0.736. The van der Waals surface area contributed by atoms with Crippen LogP contribution >= 0.6 is 0 Å². The number of nitrogens with one attached hydrogen (secondary N) is 1. The van der Waals surface area contributed by atoms with Crippen molar-refractivity contribution < 1.29 is 4.79 Å². The first-order valence-electron chi connectivity index (χ1n) is 3.83. The molecule has 1 aliphatic carbocycles. The molecule has 1 amide bonds. The van der Waals surface area contributed by atoms with E-state index in [0.717, 1.165) is 19.3 Å². The van der Waals surface area contributed by atoms with Gasteiger partial charge in [0.1, 0.15) is 0 Å². The lowest BCUT2D eigenvalue weighted by Gasteiger charge is -2.21. The maximum Gasteiger partial charge on any atom is 0.224 e. The molecule has 2 aliphatic rings. The fraction of sp³-hybridized carbons (Fsp3) is 0.857. The molecule has 0 aromatic heterocycles. The average molecular weight is 140 g/mol. The standard InChI is InChI=1S/C7H12N2O/c8-6-2-1-4-3-5(6)7(10)9-4/h4-6H,1-3,8H2,(H,9,10)/t4-,5-,6-/m1/s1. The van der Waals surface area contributed by atoms with Crippen LogP contribution in [0.4, 0.5) is 0 Å². The Bertz CT molecular complexity index is 169. The van der Waals surface area contributed by atoms with Crippen LogP contribution in [0.25, 0.3) is 0 Å². The molecule has 3 atom stereocenters. The van der Waals surface area contributed by atoms with Crippen LogP contribution in [0.1, 0.15) is 19.3 Å². The van der Waals surface area contributed by atoms with E-state index in [9.17, 15) is 4.79 Å². The average Bonchev–Trinajstić information content (AvgIpc) is 2.21. The summed E-state index contributed by atoms with van der Waals surface area (Å²) in [7, 11) is 0. The van der Waals surface area contributed by atoms with Crippen LogP contribution in [-0.2, 0) is 4.79 Å². The first kappa shape index (κ1) is 6.16. The molecule has 0 spiro atoms. The minimum Gasteiger partial charge on any atom is -0.353 e. The number of carbonyl (C=O) groups is 1. The van der Waals surface area contributed by atoms with E-state index in [1.165, 1.54) is 0 Å². The highest BCUT2D eigenvalue weighted by molar-refractivity contribution is 5.82. The molecule has 10 heavy (non-hydrogen) atoms. The topological polar surface area (TPSA) is 55.1 Å². The highest BCUT2D eigenvalue weighted by atomic mass is 16.2. The lowest BCUT2D eigenvalue weighted by atomic mass is 9.86. The molecule has 0 unspecified atom stereocenters. The van der Waals surface area contributed by atoms with E-state index in [1.54, 1.807) is 0 Å². The molecule has 3 nitrogen and oxygen atoms in total. The zero-order valence-corrected chi connectivity index (χ0v) is 5.84. The highest BCUT2D eigenvalue weighted by Crippen LogP contribution is 2.28. The molecule has 56 valence electrons. The predicted molar refractivity (Wildman–Crippen MR) is 37.2 cm³/mol. The first-order valence-corrected chi connectivity index (χ1v) is 3.83. The summed E-state index contributed by atoms with van der Waals surface area (Å²) >= 11 is 0. The molecule has 2 bridgehead atoms. The molecule has 0 aromatic carbocycles. The Kier molecular flexibility index (Phi) is 1.20. The van der Waals surface area contributed by atoms with Gasteiger partial charge in [-0.1, -0.05) is 0 Å². The molecule has 1 heterocycles. The van der Waals surface area contributed by atoms with Crippen LogP contribution < -0.4 is 11.1 Å². The number of amides is 1. The Labute approximate surface area is 60.0 Å². The molecule has 2 rings (SSSR count). The van der Waals surface area contributed by atoms with Crippen LogP contribution in [0, 0.1) is 5.92 Å². The van der Waals surface area contributed by atoms with E-state index in [0.29, 0.717) is 6.04 Å². The predicted octanol–water partition coefficient (Wildman–Crippen LogP) is -0.388. The fourth-order valence-electron chi connectivity index (χ4n) is 1.93. The summed E-state index contributed by atoms with van der Waals surface area (Å²) in [5.74, 6) is 0.300. The summed E-state index contributed by atoms with van der Waals surface area (Å²) in [6.07, 6.45) is 3.05. The largest absolute Gasteiger partial charge is 0.353 e. The number of fused-ring (bicyclic) bond motifs is 2. The molecule has 0 radical (unpaired) electrons. The zero-order valence-electron chi connectivity index (χ0n) is 5.84. The summed E-state index contributed by atoms with van der Waals surface area (Å²) in [4.78, 5) is 11.1. The van der Waals surface area contributed by atoms with Crippen LogP contribution in [0.2, 0.25) is 0 Å². The number of carbonyl (C=O) groups excluding carboxylic acids is 1. The van der Waals surface area contributed by atoms with Gasteiger partial charge in [0.05, 0.1) is 5.92 Å². The van der Waals surface area contributed by atoms with Gasteiger partial charge >= 0.3 is 0 Å². The Morgan fingerprint density at radius 2 is 2.30 bits per heavy atom. The number of hydrogen-bond acceptors (Lipinski definition) is 2. The summed E-state index contributed by atoms with van der Waals surface area (Å²) < 4.78 is 0. The van der Waals surface area contributed by atoms with Gasteiger partial charge in [0, 0.05) is 12.1 Å². The maximum atomic E-state index is 11.1. The highest BCUT2D eigenvalue weighted by Gasteiger charge is 2.39. The third-order valence-corrected chi connectivity index (χ3v) is 2.59. The monoisotopic (exact) mass is 140 g/mol. The van der Waals surface area contributed by atoms with Crippen molar-refractivity contribution in [1.82, 2.24) is 5.32 Å². The number of nitrogens with two attached hydrogens (primary N) is 1. The van der Waals surface area contributed by atoms with Crippen molar-refractivity contribution in [3.63, 3.8) is 0 Å². The van der Waals surface area contributed by atoms with Gasteiger partial charge in [0.15, 0.2) is 0 Å². The molecular weight excluding hydrogens is 128 g/mol. The molecule has 1 saturated carbocycles. The number of rotatable bonds is 0. The van der Waals surface area contributed by atoms with Crippen molar-refractivity contribution >= 4 is 5.91 Å². The van der Waals surface area contributed by atoms with Crippen molar-refractivity contribution in [2.75, 3.05) is 0 Å². The molecule has 3 N–H and O–H groups in total. The Balaban J connectivity index is 2.17. The maximum absolute atomic E-state index is 11.1. The number of hydrogen-bond donors (Lipinski definition) is 2. The van der Waals surface area contributed by atoms with Gasteiger partial charge in [-0.25, -0.2) is 0 Å². The van der Waals surface area contributed by atoms with Crippen LogP contribution in [-0.4, -0.2) is 18.0 Å². The lowest BCUT2D eigenvalue weighted by molar-refractivity contribution is -0.122. The SMILES string of the molecule is N[C@@H]1CC[C@@H]2C[C@H]1C(=O)N2. The van der Waals surface area contributed by atoms with Crippen LogP contribution in [0.3, 0.4) is 0 Å². The van der Waals surface area contributed by atoms with E-state index in [-0.39, 0.29) is 17.9 Å². The molecule has 2 fully saturated rings. The Morgan fingerprint density at radius 3 is 3.00 bits per heavy atom. The minimum absolute atomic E-state index is 0.124. The van der Waals surface area contributed by atoms with E-state index in [4.69, 9.17) is 5.73 Å². The minimum atomic E-state index is 0.124. The summed E-state index contributed by atoms with van der Waals surface area (Å²) in [5.41, 5.74) is 5.75. The van der Waals surface area contributed by atoms with Gasteiger partial charge in [-0.05, 0) is 19.3 Å². The van der Waals surface area contributed by atoms with Crippen molar-refractivity contribution in [3.8, 4) is 0 Å². The van der Waals surface area contributed by atoms with E-state index in [2.05, 4.69) is 5.32 Å². The van der Waals surface area contributed by atoms with E-state index in [1.807, 2.05) is 0 Å². The van der Waals surface area contributed by atoms with Crippen molar-refractivity contribution in [1.29, 1.82) is 0 Å². The van der Waals surface area contributed by atoms with E-state index < -0.39 is 0 Å². The van der Waals surface area contributed by atoms with Gasteiger partial charge < -0.3 is 11.1 Å². The van der Waals surface area contributed by atoms with Gasteiger partial charge in [-0.3, -0.25) is 4.79 Å². The zero-order chi connectivity index (χ0) is 7.14. The molecule has 0 aromatic rings. The normalized spacial score (nSPS) is 45.3. The second-order valence-corrected chi connectivity index (χ2v) is 3.29. The molecule has 1 saturated heterocycles. The fourth-order valence-corrected chi connectivity index (χ4v) is 1.93. The van der Waals surface area contributed by atoms with Crippen molar-refractivity contribution in [2.45, 2.75) is 31.3 Å². The summed E-state index contributed by atoms with van der Waals surface area (Å²) in [6, 6.07) is 0.566. The summed E-state index contributed by atoms with van der Waals surface area (Å²) in [5, 5.41) is 2.93. The van der Waals surface area contributed by atoms with Crippen LogP contribution in [0.5, 0.6) is 0 Å². The summed E-state index contributed by atoms with van der Waals surface area (Å²) in [6.45, 7) is 0. The third-order valence-electron chi connectivity index (χ3n) is 2.59. The van der Waals surface area contributed by atoms with Gasteiger partial charge in [0.2, 0.25) is 5.91 Å². The van der Waals surface area contributed by atoms with Crippen molar-refractivity contribution in [2.24, 2.45) is 11.7 Å². The second kappa shape index (κ2) is 1.95. The van der Waals surface area contributed by atoms with Crippen LogP contribution in [0.15, 0.2) is 0 Å². The Morgan fingerprint density at radius 1 is 1.50 bits per heavy atom. The molecule has 3 heteroatoms. The van der Waals surface area contributed by atoms with Gasteiger partial charge in [-0.2, -0.15) is 0 Å².